The maximum atomic E-state index is 13.1. The number of fused-ring (bicyclic) bond motifs is 2. The van der Waals surface area contributed by atoms with Crippen molar-refractivity contribution in [3.63, 3.8) is 0 Å². The zero-order chi connectivity index (χ0) is 35.9. The molecule has 0 bridgehead atoms. The van der Waals surface area contributed by atoms with Crippen molar-refractivity contribution in [1.82, 2.24) is 0 Å². The molecule has 6 atom stereocenters. The molecule has 48 heavy (non-hydrogen) atoms. The Morgan fingerprint density at radius 1 is 0.875 bits per heavy atom. The number of rotatable bonds is 12. The molecule has 2 saturated heterocycles. The Labute approximate surface area is 289 Å². The number of epoxide rings is 2. The fourth-order valence-electron chi connectivity index (χ4n) is 8.80. The van der Waals surface area contributed by atoms with Crippen LogP contribution in [0.2, 0.25) is 0 Å². The highest BCUT2D eigenvalue weighted by atomic mass is 16.8. The molecule has 6 nitrogen and oxygen atoms in total. The SMILES string of the molecule is CC(=O)[O+]1C2[C@@H]1CC(C)(C)/C(=C/C/C(C)=C/C=C/C(C)=C/CC/C=C(C)/C=C/C=C(\C)C(=O)C[C@@]13O[C@]1(C)C[C@@H](O)CC3(C)C)[C@]2(C)O. The number of aliphatic hydroxyl groups is 2. The summed E-state index contributed by atoms with van der Waals surface area (Å²) in [5.41, 5.74) is 2.93. The summed E-state index contributed by atoms with van der Waals surface area (Å²) in [6, 6.07) is 0. The van der Waals surface area contributed by atoms with Crippen molar-refractivity contribution in [1.29, 1.82) is 0 Å². The molecule has 4 aliphatic rings. The van der Waals surface area contributed by atoms with Crippen LogP contribution in [0.25, 0.3) is 0 Å². The van der Waals surface area contributed by atoms with E-state index in [2.05, 4.69) is 89.3 Å². The summed E-state index contributed by atoms with van der Waals surface area (Å²) in [7, 11) is 0. The van der Waals surface area contributed by atoms with Crippen molar-refractivity contribution in [3.8, 4) is 0 Å². The minimum atomic E-state index is -1.04. The molecule has 0 amide bonds. The highest BCUT2D eigenvalue weighted by Crippen LogP contribution is 2.67. The summed E-state index contributed by atoms with van der Waals surface area (Å²) >= 11 is 0. The van der Waals surface area contributed by atoms with Crippen molar-refractivity contribution >= 4 is 11.8 Å². The lowest BCUT2D eigenvalue weighted by molar-refractivity contribution is -0.156. The lowest BCUT2D eigenvalue weighted by Gasteiger charge is -2.40. The number of unbranched alkanes of at least 4 members (excludes halogenated alkanes) is 1. The maximum absolute atomic E-state index is 13.1. The molecule has 0 spiro atoms. The predicted octanol–water partition coefficient (Wildman–Crippen LogP) is 8.68. The molecule has 2 aliphatic carbocycles. The van der Waals surface area contributed by atoms with E-state index in [1.165, 1.54) is 11.1 Å². The van der Waals surface area contributed by atoms with Crippen LogP contribution in [0.1, 0.15) is 121 Å². The van der Waals surface area contributed by atoms with Gasteiger partial charge in [-0.2, -0.15) is 0 Å². The lowest BCUT2D eigenvalue weighted by atomic mass is 9.61. The first-order chi connectivity index (χ1) is 22.2. The van der Waals surface area contributed by atoms with Crippen molar-refractivity contribution in [2.24, 2.45) is 10.8 Å². The highest BCUT2D eigenvalue weighted by molar-refractivity contribution is 5.96. The average molecular weight is 662 g/mol. The van der Waals surface area contributed by atoms with Crippen LogP contribution in [-0.2, 0) is 18.7 Å². The molecule has 2 saturated carbocycles. The van der Waals surface area contributed by atoms with Crippen molar-refractivity contribution in [2.75, 3.05) is 0 Å². The molecule has 4 rings (SSSR count). The number of hydrogen-bond acceptors (Lipinski definition) is 5. The zero-order valence-corrected chi connectivity index (χ0v) is 31.4. The predicted molar refractivity (Wildman–Crippen MR) is 194 cm³/mol. The van der Waals surface area contributed by atoms with Gasteiger partial charge in [0.05, 0.1) is 18.6 Å². The number of allylic oxidation sites excluding steroid dienone is 13. The fourth-order valence-corrected chi connectivity index (χ4v) is 8.80. The van der Waals surface area contributed by atoms with Gasteiger partial charge in [0.2, 0.25) is 6.10 Å². The Morgan fingerprint density at radius 3 is 2.02 bits per heavy atom. The summed E-state index contributed by atoms with van der Waals surface area (Å²) in [4.78, 5) is 25.1. The van der Waals surface area contributed by atoms with Crippen LogP contribution in [0.5, 0.6) is 0 Å². The Hall–Kier alpha value is -2.80. The second-order valence-corrected chi connectivity index (χ2v) is 16.6. The smallest absolute Gasteiger partial charge is 0.516 e. The third kappa shape index (κ3) is 7.82. The molecular weight excluding hydrogens is 600 g/mol. The second kappa shape index (κ2) is 13.8. The molecule has 264 valence electrons. The number of ketones is 1. The van der Waals surface area contributed by atoms with Gasteiger partial charge in [0.15, 0.2) is 11.9 Å². The molecule has 0 aromatic heterocycles. The number of ether oxygens (including phenoxy) is 1. The quantitative estimate of drug-likeness (QED) is 0.0416. The van der Waals surface area contributed by atoms with Crippen LogP contribution in [0.4, 0.5) is 0 Å². The highest BCUT2D eigenvalue weighted by Gasteiger charge is 2.76. The first-order valence-corrected chi connectivity index (χ1v) is 17.8. The van der Waals surface area contributed by atoms with E-state index in [-0.39, 0.29) is 40.9 Å². The van der Waals surface area contributed by atoms with Gasteiger partial charge < -0.3 is 19.3 Å². The number of carbonyl (C=O) groups excluding carboxylic acids is 2. The van der Waals surface area contributed by atoms with Gasteiger partial charge in [0, 0.05) is 24.1 Å². The van der Waals surface area contributed by atoms with E-state index in [4.69, 9.17) is 4.74 Å². The van der Waals surface area contributed by atoms with E-state index in [0.717, 1.165) is 42.4 Å². The van der Waals surface area contributed by atoms with Gasteiger partial charge in [0.1, 0.15) is 11.2 Å². The molecule has 2 heterocycles. The Kier molecular flexibility index (Phi) is 11.0. The third-order valence-corrected chi connectivity index (χ3v) is 11.4. The first kappa shape index (κ1) is 38.0. The van der Waals surface area contributed by atoms with Gasteiger partial charge in [0.25, 0.3) is 0 Å². The molecule has 6 heteroatoms. The van der Waals surface area contributed by atoms with Crippen molar-refractivity contribution in [3.05, 3.63) is 82.5 Å². The summed E-state index contributed by atoms with van der Waals surface area (Å²) in [6.07, 6.45) is 23.4. The van der Waals surface area contributed by atoms with Crippen LogP contribution in [0.15, 0.2) is 82.5 Å². The van der Waals surface area contributed by atoms with Crippen molar-refractivity contribution in [2.45, 2.75) is 156 Å². The third-order valence-electron chi connectivity index (χ3n) is 11.4. The fraction of sp³-hybridized carbons (Fsp3) is 0.619. The van der Waals surface area contributed by atoms with Gasteiger partial charge in [-0.1, -0.05) is 99.1 Å². The van der Waals surface area contributed by atoms with Crippen LogP contribution in [0.3, 0.4) is 0 Å². The minimum absolute atomic E-state index is 0.0397. The van der Waals surface area contributed by atoms with E-state index >= 15 is 0 Å². The Balaban J connectivity index is 1.22. The summed E-state index contributed by atoms with van der Waals surface area (Å²) in [5, 5.41) is 21.7. The van der Waals surface area contributed by atoms with Gasteiger partial charge in [-0.3, -0.25) is 4.79 Å². The maximum Gasteiger partial charge on any atom is 0.516 e. The average Bonchev–Trinajstić information content (AvgIpc) is 3.82. The number of Topliss-reactive ketones (excluding diaryl/α,β-unsaturated/α-hetero) is 1. The van der Waals surface area contributed by atoms with Crippen LogP contribution in [-0.4, -0.2) is 57.1 Å². The summed E-state index contributed by atoms with van der Waals surface area (Å²) in [5.74, 6) is 0.0614. The van der Waals surface area contributed by atoms with E-state index < -0.39 is 16.8 Å². The summed E-state index contributed by atoms with van der Waals surface area (Å²) in [6.45, 7) is 22.1. The molecule has 2 N–H and O–H groups in total. The van der Waals surface area contributed by atoms with Gasteiger partial charge >= 0.3 is 5.97 Å². The molecular formula is C42H61O6+. The zero-order valence-electron chi connectivity index (χ0n) is 31.4. The van der Waals surface area contributed by atoms with Gasteiger partial charge in [-0.15, -0.1) is 0 Å². The van der Waals surface area contributed by atoms with Crippen LogP contribution in [0, 0.1) is 10.8 Å². The van der Waals surface area contributed by atoms with E-state index in [1.54, 1.807) is 6.92 Å². The lowest BCUT2D eigenvalue weighted by Crippen LogP contribution is -2.48. The topological polar surface area (TPSA) is 89.8 Å². The standard InChI is InChI=1S/C42H61O6/c1-28(18-14-19-30(3)22-23-36-38(6,7)27-35-37(41(36,11)46)48(35)32(5)43)16-12-13-17-29(2)20-15-21-31(4)34(45)26-42-39(8,9)24-33(44)25-40(42,10)47-42/h14-21,23,33,35,37,44,46H,12-13,22,24-27H2,1-11H3/q+1/b18-14+,20-15+,28-16+,29-17+,30-19+,31-21+,36-23-/t33-,35-,37?,40+,41-,42-/m0/s1. The Bertz CT molecular complexity index is 1490. The molecule has 0 radical (unpaired) electrons. The van der Waals surface area contributed by atoms with E-state index in [0.29, 0.717) is 19.3 Å². The number of carbonyl (C=O) groups is 2. The molecule has 0 aromatic carbocycles. The molecule has 2 aliphatic heterocycles. The number of hydrogen-bond donors (Lipinski definition) is 2. The first-order valence-electron chi connectivity index (χ1n) is 17.8. The van der Waals surface area contributed by atoms with Crippen LogP contribution < -0.4 is 0 Å². The van der Waals surface area contributed by atoms with Crippen molar-refractivity contribution < 1.29 is 28.9 Å². The second-order valence-electron chi connectivity index (χ2n) is 16.6. The Morgan fingerprint density at radius 2 is 1.46 bits per heavy atom. The van der Waals surface area contributed by atoms with Crippen LogP contribution >= 0.6 is 0 Å². The van der Waals surface area contributed by atoms with E-state index in [9.17, 15) is 19.8 Å². The van der Waals surface area contributed by atoms with Gasteiger partial charge in [-0.05, 0) is 89.2 Å². The molecule has 1 unspecified atom stereocenters. The summed E-state index contributed by atoms with van der Waals surface area (Å²) < 4.78 is 8.95. The largest absolute Gasteiger partial charge is 0.529 e. The van der Waals surface area contributed by atoms with Gasteiger partial charge in [-0.25, -0.2) is 0 Å². The molecule has 4 fully saturated rings. The van der Waals surface area contributed by atoms with E-state index in [1.807, 2.05) is 39.0 Å². The minimum Gasteiger partial charge on any atom is -0.529 e. The number of aliphatic hydroxyl groups excluding tert-OH is 1. The normalized spacial score (nSPS) is 35.6. The monoisotopic (exact) mass is 661 g/mol. The molecule has 0 aromatic rings.